The summed E-state index contributed by atoms with van der Waals surface area (Å²) in [6.45, 7) is 2.09. The van der Waals surface area contributed by atoms with E-state index >= 15 is 0 Å². The van der Waals surface area contributed by atoms with E-state index in [9.17, 15) is 9.59 Å². The Morgan fingerprint density at radius 2 is 2.09 bits per heavy atom. The topological polar surface area (TPSA) is 78.9 Å². The predicted molar refractivity (Wildman–Crippen MR) is 86.3 cm³/mol. The van der Waals surface area contributed by atoms with Crippen LogP contribution in [0.1, 0.15) is 24.8 Å². The van der Waals surface area contributed by atoms with E-state index in [1.807, 2.05) is 18.2 Å². The number of carboxylic acids is 1. The molecule has 23 heavy (non-hydrogen) atoms. The van der Waals surface area contributed by atoms with Gasteiger partial charge in [-0.1, -0.05) is 30.3 Å². The number of aryl methyl sites for hydroxylation is 1. The van der Waals surface area contributed by atoms with E-state index in [1.165, 1.54) is 5.56 Å². The van der Waals surface area contributed by atoms with Crippen molar-refractivity contribution >= 4 is 12.0 Å². The quantitative estimate of drug-likeness (QED) is 0.752. The Morgan fingerprint density at radius 1 is 1.30 bits per heavy atom. The highest BCUT2D eigenvalue weighted by Gasteiger charge is 2.23. The van der Waals surface area contributed by atoms with Crippen molar-refractivity contribution in [1.82, 2.24) is 10.2 Å². The molecule has 2 rings (SSSR count). The van der Waals surface area contributed by atoms with Gasteiger partial charge in [-0.2, -0.15) is 0 Å². The van der Waals surface area contributed by atoms with Crippen LogP contribution in [0.15, 0.2) is 30.3 Å². The summed E-state index contributed by atoms with van der Waals surface area (Å²) in [5, 5.41) is 11.3. The molecule has 1 atom stereocenters. The van der Waals surface area contributed by atoms with Crippen molar-refractivity contribution in [2.45, 2.75) is 31.8 Å². The van der Waals surface area contributed by atoms with Gasteiger partial charge in [-0.15, -0.1) is 0 Å². The lowest BCUT2D eigenvalue weighted by Gasteiger charge is -2.33. The van der Waals surface area contributed by atoms with Crippen LogP contribution in [-0.4, -0.2) is 54.4 Å². The number of nitrogens with one attached hydrogen (secondary N) is 1. The second-order valence-electron chi connectivity index (χ2n) is 5.69. The van der Waals surface area contributed by atoms with E-state index < -0.39 is 5.97 Å². The van der Waals surface area contributed by atoms with Crippen molar-refractivity contribution in [2.24, 2.45) is 0 Å². The fourth-order valence-electron chi connectivity index (χ4n) is 2.60. The summed E-state index contributed by atoms with van der Waals surface area (Å²) < 4.78 is 5.74. The largest absolute Gasteiger partial charge is 0.481 e. The Kier molecular flexibility index (Phi) is 6.87. The summed E-state index contributed by atoms with van der Waals surface area (Å²) in [5.41, 5.74) is 1.27. The number of carbonyl (C=O) groups excluding carboxylic acids is 1. The van der Waals surface area contributed by atoms with Crippen LogP contribution in [0.2, 0.25) is 0 Å². The van der Waals surface area contributed by atoms with Gasteiger partial charge in [-0.05, 0) is 24.8 Å². The first-order chi connectivity index (χ1) is 11.1. The lowest BCUT2D eigenvalue weighted by Crippen LogP contribution is -2.49. The van der Waals surface area contributed by atoms with E-state index in [0.29, 0.717) is 32.7 Å². The van der Waals surface area contributed by atoms with Crippen LogP contribution in [0.5, 0.6) is 0 Å². The Bertz CT molecular complexity index is 507. The van der Waals surface area contributed by atoms with Gasteiger partial charge in [-0.3, -0.25) is 4.79 Å². The van der Waals surface area contributed by atoms with Crippen molar-refractivity contribution in [3.63, 3.8) is 0 Å². The van der Waals surface area contributed by atoms with Crippen LogP contribution in [-0.2, 0) is 16.0 Å². The highest BCUT2D eigenvalue weighted by atomic mass is 16.5. The molecular formula is C17H24N2O4. The number of amides is 2. The summed E-state index contributed by atoms with van der Waals surface area (Å²) in [6, 6.07) is 10.1. The van der Waals surface area contributed by atoms with Gasteiger partial charge < -0.3 is 20.1 Å². The summed E-state index contributed by atoms with van der Waals surface area (Å²) in [7, 11) is 0. The maximum absolute atomic E-state index is 12.1. The lowest BCUT2D eigenvalue weighted by molar-refractivity contribution is -0.137. The number of aliphatic carboxylic acids is 1. The molecule has 6 nitrogen and oxygen atoms in total. The molecular weight excluding hydrogens is 296 g/mol. The molecule has 126 valence electrons. The number of rotatable bonds is 7. The molecule has 1 saturated heterocycles. The van der Waals surface area contributed by atoms with Gasteiger partial charge in [0, 0.05) is 26.1 Å². The first kappa shape index (κ1) is 17.3. The second-order valence-corrected chi connectivity index (χ2v) is 5.69. The van der Waals surface area contributed by atoms with Crippen LogP contribution in [0.25, 0.3) is 0 Å². The van der Waals surface area contributed by atoms with Gasteiger partial charge in [0.25, 0.3) is 0 Å². The smallest absolute Gasteiger partial charge is 0.317 e. The minimum absolute atomic E-state index is 0.0497. The van der Waals surface area contributed by atoms with Crippen LogP contribution in [0.3, 0.4) is 0 Å². The molecule has 0 bridgehead atoms. The third-order valence-electron chi connectivity index (χ3n) is 3.87. The maximum atomic E-state index is 12.1. The zero-order valence-electron chi connectivity index (χ0n) is 13.2. The molecule has 1 unspecified atom stereocenters. The van der Waals surface area contributed by atoms with E-state index in [2.05, 4.69) is 17.4 Å². The number of morpholine rings is 1. The van der Waals surface area contributed by atoms with Crippen LogP contribution in [0, 0.1) is 0 Å². The zero-order valence-corrected chi connectivity index (χ0v) is 13.2. The monoisotopic (exact) mass is 320 g/mol. The van der Waals surface area contributed by atoms with Crippen LogP contribution >= 0.6 is 0 Å². The SMILES string of the molecule is O=C(O)CCCNC(=O)N1CCOC(CCc2ccccc2)C1. The third kappa shape index (κ3) is 6.28. The molecule has 1 aromatic rings. The molecule has 0 aromatic heterocycles. The minimum Gasteiger partial charge on any atom is -0.481 e. The number of hydrogen-bond acceptors (Lipinski definition) is 3. The summed E-state index contributed by atoms with van der Waals surface area (Å²) in [6.07, 6.45) is 2.38. The molecule has 0 saturated carbocycles. The predicted octanol–water partition coefficient (Wildman–Crippen LogP) is 1.89. The van der Waals surface area contributed by atoms with E-state index in [-0.39, 0.29) is 18.6 Å². The van der Waals surface area contributed by atoms with Crippen molar-refractivity contribution in [2.75, 3.05) is 26.2 Å². The molecule has 6 heteroatoms. The fourth-order valence-corrected chi connectivity index (χ4v) is 2.60. The van der Waals surface area contributed by atoms with Gasteiger partial charge >= 0.3 is 12.0 Å². The average molecular weight is 320 g/mol. The molecule has 1 fully saturated rings. The van der Waals surface area contributed by atoms with Gasteiger partial charge in [0.15, 0.2) is 0 Å². The van der Waals surface area contributed by atoms with Crippen molar-refractivity contribution in [1.29, 1.82) is 0 Å². The number of nitrogens with zero attached hydrogens (tertiary/aromatic N) is 1. The van der Waals surface area contributed by atoms with Crippen molar-refractivity contribution in [3.8, 4) is 0 Å². The van der Waals surface area contributed by atoms with Crippen LogP contribution in [0.4, 0.5) is 4.79 Å². The first-order valence-electron chi connectivity index (χ1n) is 8.05. The Labute approximate surface area is 136 Å². The number of urea groups is 1. The van der Waals surface area contributed by atoms with Crippen molar-refractivity contribution in [3.05, 3.63) is 35.9 Å². The number of benzene rings is 1. The maximum Gasteiger partial charge on any atom is 0.317 e. The van der Waals surface area contributed by atoms with E-state index in [1.54, 1.807) is 4.90 Å². The van der Waals surface area contributed by atoms with Gasteiger partial charge in [-0.25, -0.2) is 4.79 Å². The zero-order chi connectivity index (χ0) is 16.5. The molecule has 0 spiro atoms. The standard InChI is InChI=1S/C17H24N2O4/c20-16(21)7-4-10-18-17(22)19-11-12-23-15(13-19)9-8-14-5-2-1-3-6-14/h1-3,5-6,15H,4,7-13H2,(H,18,22)(H,20,21). The highest BCUT2D eigenvalue weighted by molar-refractivity contribution is 5.74. The normalized spacial score (nSPS) is 17.7. The molecule has 2 amide bonds. The summed E-state index contributed by atoms with van der Waals surface area (Å²) in [5.74, 6) is -0.841. The average Bonchev–Trinajstić information content (AvgIpc) is 2.58. The molecule has 1 aromatic carbocycles. The number of ether oxygens (including phenoxy) is 1. The first-order valence-corrected chi connectivity index (χ1v) is 8.05. The second kappa shape index (κ2) is 9.15. The Balaban J connectivity index is 1.70. The molecule has 0 aliphatic carbocycles. The number of hydrogen-bond donors (Lipinski definition) is 2. The van der Waals surface area contributed by atoms with E-state index in [0.717, 1.165) is 12.8 Å². The molecule has 0 radical (unpaired) electrons. The molecule has 2 N–H and O–H groups in total. The fraction of sp³-hybridized carbons (Fsp3) is 0.529. The summed E-state index contributed by atoms with van der Waals surface area (Å²) in [4.78, 5) is 24.3. The molecule has 1 aliphatic rings. The number of carboxylic acid groups (broad SMARTS) is 1. The van der Waals surface area contributed by atoms with Gasteiger partial charge in [0.05, 0.1) is 12.7 Å². The van der Waals surface area contributed by atoms with Gasteiger partial charge in [0.1, 0.15) is 0 Å². The Hall–Kier alpha value is -2.08. The lowest BCUT2D eigenvalue weighted by atomic mass is 10.1. The van der Waals surface area contributed by atoms with Crippen LogP contribution < -0.4 is 5.32 Å². The Morgan fingerprint density at radius 3 is 2.83 bits per heavy atom. The minimum atomic E-state index is -0.841. The summed E-state index contributed by atoms with van der Waals surface area (Å²) >= 11 is 0. The van der Waals surface area contributed by atoms with Gasteiger partial charge in [0.2, 0.25) is 0 Å². The van der Waals surface area contributed by atoms with Crippen molar-refractivity contribution < 1.29 is 19.4 Å². The van der Waals surface area contributed by atoms with E-state index in [4.69, 9.17) is 9.84 Å². The highest BCUT2D eigenvalue weighted by Crippen LogP contribution is 2.12. The third-order valence-corrected chi connectivity index (χ3v) is 3.87. The molecule has 1 aliphatic heterocycles. The number of carbonyl (C=O) groups is 2. The molecule has 1 heterocycles.